The molecule has 0 bridgehead atoms. The zero-order chi connectivity index (χ0) is 17.5. The Labute approximate surface area is 141 Å². The van der Waals surface area contributed by atoms with Crippen LogP contribution in [0.3, 0.4) is 0 Å². The summed E-state index contributed by atoms with van der Waals surface area (Å²) >= 11 is 0. The quantitative estimate of drug-likeness (QED) is 0.886. The van der Waals surface area contributed by atoms with Crippen LogP contribution in [0.2, 0.25) is 0 Å². The van der Waals surface area contributed by atoms with Crippen LogP contribution in [0.4, 0.5) is 0 Å². The summed E-state index contributed by atoms with van der Waals surface area (Å²) in [4.78, 5) is 23.7. The van der Waals surface area contributed by atoms with E-state index >= 15 is 0 Å². The Bertz CT molecular complexity index is 759. The molecule has 0 saturated heterocycles. The fraction of sp³-hybridized carbons (Fsp3) is 0.211. The predicted octanol–water partition coefficient (Wildman–Crippen LogP) is 2.28. The van der Waals surface area contributed by atoms with E-state index in [1.165, 1.54) is 0 Å². The topological polar surface area (TPSA) is 82.0 Å². The van der Waals surface area contributed by atoms with E-state index in [4.69, 9.17) is 5.26 Å². The van der Waals surface area contributed by atoms with Gasteiger partial charge < -0.3 is 10.6 Å². The van der Waals surface area contributed by atoms with Crippen molar-refractivity contribution in [1.29, 1.82) is 5.26 Å². The molecule has 5 heteroatoms. The van der Waals surface area contributed by atoms with Gasteiger partial charge in [-0.3, -0.25) is 9.59 Å². The third-order valence-electron chi connectivity index (χ3n) is 3.64. The normalized spacial score (nSPS) is 11.2. The molecule has 0 aromatic heterocycles. The minimum atomic E-state index is -0.172. The molecular weight excluding hydrogens is 302 g/mol. The molecule has 24 heavy (non-hydrogen) atoms. The van der Waals surface area contributed by atoms with Crippen molar-refractivity contribution in [3.05, 3.63) is 70.8 Å². The van der Waals surface area contributed by atoms with Gasteiger partial charge in [0.2, 0.25) is 0 Å². The second-order valence-electron chi connectivity index (χ2n) is 5.54. The van der Waals surface area contributed by atoms with Crippen LogP contribution in [-0.4, -0.2) is 24.9 Å². The zero-order valence-corrected chi connectivity index (χ0v) is 13.7. The Hall–Kier alpha value is -3.13. The van der Waals surface area contributed by atoms with Crippen LogP contribution in [0.1, 0.15) is 38.8 Å². The third kappa shape index (κ3) is 4.43. The lowest BCUT2D eigenvalue weighted by Gasteiger charge is -2.14. The van der Waals surface area contributed by atoms with Gasteiger partial charge in [0.05, 0.1) is 11.6 Å². The van der Waals surface area contributed by atoms with Gasteiger partial charge >= 0.3 is 0 Å². The summed E-state index contributed by atoms with van der Waals surface area (Å²) in [6, 6.07) is 15.8. The van der Waals surface area contributed by atoms with Crippen molar-refractivity contribution in [3.63, 3.8) is 0 Å². The first-order valence-corrected chi connectivity index (χ1v) is 7.65. The molecule has 2 rings (SSSR count). The minimum absolute atomic E-state index is 0.0565. The van der Waals surface area contributed by atoms with E-state index in [0.29, 0.717) is 23.1 Å². The number of hydrogen-bond donors (Lipinski definition) is 2. The highest BCUT2D eigenvalue weighted by Gasteiger charge is 2.11. The van der Waals surface area contributed by atoms with Crippen LogP contribution in [0.5, 0.6) is 0 Å². The molecule has 0 radical (unpaired) electrons. The first-order chi connectivity index (χ1) is 11.5. The van der Waals surface area contributed by atoms with E-state index in [2.05, 4.69) is 10.6 Å². The third-order valence-corrected chi connectivity index (χ3v) is 3.64. The van der Waals surface area contributed by atoms with Crippen LogP contribution in [0.15, 0.2) is 48.5 Å². The van der Waals surface area contributed by atoms with E-state index in [1.54, 1.807) is 43.4 Å². The summed E-state index contributed by atoms with van der Waals surface area (Å²) in [5.74, 6) is -0.294. The molecule has 1 atom stereocenters. The lowest BCUT2D eigenvalue weighted by Crippen LogP contribution is -2.34. The van der Waals surface area contributed by atoms with Crippen molar-refractivity contribution in [2.75, 3.05) is 7.05 Å². The maximum absolute atomic E-state index is 12.2. The lowest BCUT2D eigenvalue weighted by molar-refractivity contribution is 0.0938. The van der Waals surface area contributed by atoms with E-state index < -0.39 is 0 Å². The number of nitrogens with zero attached hydrogens (tertiary/aromatic N) is 1. The first-order valence-electron chi connectivity index (χ1n) is 7.65. The van der Waals surface area contributed by atoms with Crippen molar-refractivity contribution >= 4 is 11.8 Å². The number of hydrogen-bond acceptors (Lipinski definition) is 3. The molecule has 2 aromatic rings. The lowest BCUT2D eigenvalue weighted by atomic mass is 10.0. The summed E-state index contributed by atoms with van der Waals surface area (Å²) in [6.07, 6.45) is 0.663. The van der Waals surface area contributed by atoms with Gasteiger partial charge in [0.25, 0.3) is 11.8 Å². The summed E-state index contributed by atoms with van der Waals surface area (Å²) in [6.45, 7) is 1.92. The average Bonchev–Trinajstić information content (AvgIpc) is 2.61. The Balaban J connectivity index is 1.94. The predicted molar refractivity (Wildman–Crippen MR) is 91.6 cm³/mol. The number of rotatable bonds is 5. The van der Waals surface area contributed by atoms with Crippen LogP contribution < -0.4 is 10.6 Å². The molecule has 0 fully saturated rings. The maximum Gasteiger partial charge on any atom is 0.251 e. The molecule has 0 spiro atoms. The maximum atomic E-state index is 12.2. The number of carbonyl (C=O) groups is 2. The van der Waals surface area contributed by atoms with Gasteiger partial charge in [-0.25, -0.2) is 0 Å². The van der Waals surface area contributed by atoms with Crippen molar-refractivity contribution < 1.29 is 9.59 Å². The number of benzene rings is 2. The molecule has 0 heterocycles. The van der Waals surface area contributed by atoms with E-state index in [0.717, 1.165) is 5.56 Å². The molecule has 1 unspecified atom stereocenters. The van der Waals surface area contributed by atoms with Crippen LogP contribution in [-0.2, 0) is 6.42 Å². The fourth-order valence-corrected chi connectivity index (χ4v) is 2.34. The van der Waals surface area contributed by atoms with Crippen LogP contribution >= 0.6 is 0 Å². The zero-order valence-electron chi connectivity index (χ0n) is 13.7. The standard InChI is InChI=1S/C19H19N3O2/c1-13(11-14-3-7-16(8-4-14)18(23)21-2)22-19(24)17-9-5-15(12-20)6-10-17/h3-10,13H,11H2,1-2H3,(H,21,23)(H,22,24). The molecule has 2 amide bonds. The fourth-order valence-electron chi connectivity index (χ4n) is 2.34. The highest BCUT2D eigenvalue weighted by atomic mass is 16.2. The van der Waals surface area contributed by atoms with Gasteiger partial charge in [-0.1, -0.05) is 12.1 Å². The van der Waals surface area contributed by atoms with Crippen molar-refractivity contribution in [3.8, 4) is 6.07 Å². The largest absolute Gasteiger partial charge is 0.355 e. The second-order valence-corrected chi connectivity index (χ2v) is 5.54. The molecule has 2 N–H and O–H groups in total. The molecular formula is C19H19N3O2. The Kier molecular flexibility index (Phi) is 5.69. The molecule has 0 aliphatic heterocycles. The number of amides is 2. The van der Waals surface area contributed by atoms with Crippen molar-refractivity contribution in [1.82, 2.24) is 10.6 Å². The Morgan fingerprint density at radius 1 is 1.00 bits per heavy atom. The van der Waals surface area contributed by atoms with Gasteiger partial charge in [-0.2, -0.15) is 5.26 Å². The van der Waals surface area contributed by atoms with E-state index in [1.807, 2.05) is 25.1 Å². The van der Waals surface area contributed by atoms with Gasteiger partial charge in [-0.15, -0.1) is 0 Å². The highest BCUT2D eigenvalue weighted by Crippen LogP contribution is 2.08. The molecule has 122 valence electrons. The van der Waals surface area contributed by atoms with Crippen molar-refractivity contribution in [2.45, 2.75) is 19.4 Å². The minimum Gasteiger partial charge on any atom is -0.355 e. The SMILES string of the molecule is CNC(=O)c1ccc(CC(C)NC(=O)c2ccc(C#N)cc2)cc1. The molecule has 0 aliphatic carbocycles. The number of nitrogens with one attached hydrogen (secondary N) is 2. The molecule has 0 saturated carbocycles. The van der Waals surface area contributed by atoms with Crippen molar-refractivity contribution in [2.24, 2.45) is 0 Å². The Morgan fingerprint density at radius 2 is 1.54 bits per heavy atom. The number of nitriles is 1. The van der Waals surface area contributed by atoms with E-state index in [-0.39, 0.29) is 17.9 Å². The van der Waals surface area contributed by atoms with Gasteiger partial charge in [0.1, 0.15) is 0 Å². The molecule has 5 nitrogen and oxygen atoms in total. The summed E-state index contributed by atoms with van der Waals surface area (Å²) in [7, 11) is 1.59. The molecule has 2 aromatic carbocycles. The van der Waals surface area contributed by atoms with Crippen LogP contribution in [0.25, 0.3) is 0 Å². The summed E-state index contributed by atoms with van der Waals surface area (Å²) < 4.78 is 0. The van der Waals surface area contributed by atoms with Crippen LogP contribution in [0, 0.1) is 11.3 Å². The highest BCUT2D eigenvalue weighted by molar-refractivity contribution is 5.94. The molecule has 0 aliphatic rings. The van der Waals surface area contributed by atoms with E-state index in [9.17, 15) is 9.59 Å². The second kappa shape index (κ2) is 7.93. The first kappa shape index (κ1) is 17.2. The van der Waals surface area contributed by atoms with Gasteiger partial charge in [-0.05, 0) is 55.3 Å². The number of carbonyl (C=O) groups excluding carboxylic acids is 2. The monoisotopic (exact) mass is 321 g/mol. The summed E-state index contributed by atoms with van der Waals surface area (Å²) in [5, 5.41) is 14.3. The Morgan fingerprint density at radius 3 is 2.08 bits per heavy atom. The summed E-state index contributed by atoms with van der Waals surface area (Å²) in [5.41, 5.74) is 2.69. The van der Waals surface area contributed by atoms with Gasteiger partial charge in [0.15, 0.2) is 0 Å². The smallest absolute Gasteiger partial charge is 0.251 e. The average molecular weight is 321 g/mol. The van der Waals surface area contributed by atoms with Gasteiger partial charge in [0, 0.05) is 24.2 Å².